The second kappa shape index (κ2) is 52.1. The summed E-state index contributed by atoms with van der Waals surface area (Å²) in [5, 5.41) is 36.2. The van der Waals surface area contributed by atoms with Crippen LogP contribution in [-0.4, -0.2) is 101 Å². The standard InChI is InChI=1S/C18H29ClO2SSi.C14H19ClO3S.C12H15ClO2S.C7H6BrClO2S.C7H12O.C5H2BrClOS.C4H9.C2H6O2.CH3F.Li/c1-18(2,3)23(4,5)21-16(13-9-7-6-8-10-13)15-11-14(12-20)22-17(15)19;15-13-10(12(16)9-4-2-1-3-5-9)8-11(19-13)14-17-6-7-18-14;13-12-10(6-9(7-14)16-12)11(15)8-4-2-1-3-5-8;8-4-3-5(12-6(4)9)7-10-1-2-11-7;8-6-7-4-2-1-3-5-7;6-4-1-3(2-8)9-5(4)7;1-3-4-2;3-1-2-4;1-2;/h11-13,16H,6-10H2,1-5H3;8-9,12,14,16H,1-7H2;6-8,11,15H,1-5H2;3,7H,1-2H2;6-7H,1-5H2;1-2H;1,3-4H2,2H3;3-4H,1-2H2;1H3;/q;;;;;;-1;;;+1/i;;;;;;;;1D;. The molecule has 0 spiro atoms. The summed E-state index contributed by atoms with van der Waals surface area (Å²) < 4.78 is 48.9. The number of unbranched alkanes of at least 4 members (excludes halogenated alkanes) is 1. The number of ether oxygens (including phenoxy) is 4. The third-order valence-corrected chi connectivity index (χ3v) is 30.7. The molecule has 98 heavy (non-hydrogen) atoms. The molecule has 4 N–H and O–H groups in total. The molecule has 28 heteroatoms. The van der Waals surface area contributed by atoms with E-state index in [-0.39, 0.29) is 55.8 Å². The molecule has 13 nitrogen and oxygen atoms in total. The van der Waals surface area contributed by atoms with Gasteiger partial charge in [0.05, 0.1) is 104 Å². The van der Waals surface area contributed by atoms with Gasteiger partial charge in [0.15, 0.2) is 39.8 Å². The predicted octanol–water partition coefficient (Wildman–Crippen LogP) is 20.9. The van der Waals surface area contributed by atoms with Crippen molar-refractivity contribution in [2.75, 3.05) is 46.8 Å². The normalized spacial score (nSPS) is 18.1. The second-order valence-corrected chi connectivity index (χ2v) is 40.3. The molecular weight excluding hydrogens is 1600 g/mol. The molecule has 4 aliphatic carbocycles. The van der Waals surface area contributed by atoms with E-state index in [9.17, 15) is 33.8 Å². The molecule has 2 saturated heterocycles. The summed E-state index contributed by atoms with van der Waals surface area (Å²) >= 11 is 43.6. The van der Waals surface area contributed by atoms with Crippen LogP contribution in [0.15, 0.2) is 39.3 Å². The van der Waals surface area contributed by atoms with Crippen molar-refractivity contribution in [3.05, 3.63) is 109 Å². The number of thiophene rings is 5. The van der Waals surface area contributed by atoms with Gasteiger partial charge < -0.3 is 55.5 Å². The first kappa shape index (κ1) is 92.2. The van der Waals surface area contributed by atoms with Crippen LogP contribution in [0.4, 0.5) is 4.39 Å². The van der Waals surface area contributed by atoms with Crippen molar-refractivity contribution < 1.29 is 87.6 Å². The molecule has 0 amide bonds. The number of carbonyl (C=O) groups is 4. The number of rotatable bonds is 16. The van der Waals surface area contributed by atoms with Crippen LogP contribution in [-0.2, 0) is 28.2 Å². The molecule has 3 unspecified atom stereocenters. The largest absolute Gasteiger partial charge is 1.00 e. The van der Waals surface area contributed by atoms with Gasteiger partial charge in [-0.3, -0.25) is 18.8 Å². The van der Waals surface area contributed by atoms with Crippen molar-refractivity contribution >= 4 is 180 Å². The van der Waals surface area contributed by atoms with Crippen molar-refractivity contribution in [1.82, 2.24) is 0 Å². The number of hydrogen-bond donors (Lipinski definition) is 4. The van der Waals surface area contributed by atoms with Crippen LogP contribution >= 0.6 is 147 Å². The van der Waals surface area contributed by atoms with E-state index < -0.39 is 27.7 Å². The summed E-state index contributed by atoms with van der Waals surface area (Å²) in [6, 6.07) is 9.26. The minimum atomic E-state index is -1.90. The van der Waals surface area contributed by atoms with Crippen LogP contribution in [0.3, 0.4) is 0 Å². The smallest absolute Gasteiger partial charge is 0.410 e. The second-order valence-electron chi connectivity index (χ2n) is 25.4. The number of aliphatic hydroxyl groups is 4. The molecular formula is C70H101Br2Cl5FLiO13S5Si. The van der Waals surface area contributed by atoms with Crippen LogP contribution in [0.5, 0.6) is 0 Å². The van der Waals surface area contributed by atoms with Crippen LogP contribution in [0, 0.1) is 30.6 Å². The zero-order valence-electron chi connectivity index (χ0n) is 58.6. The van der Waals surface area contributed by atoms with Gasteiger partial charge in [-0.25, -0.2) is 0 Å². The van der Waals surface area contributed by atoms with Gasteiger partial charge in [0.1, 0.15) is 15.0 Å². The molecule has 550 valence electrons. The fourth-order valence-corrected chi connectivity index (χ4v) is 19.3. The molecule has 0 radical (unpaired) electrons. The molecule has 11 rings (SSSR count). The summed E-state index contributed by atoms with van der Waals surface area (Å²) in [4.78, 5) is 46.0. The van der Waals surface area contributed by atoms with Gasteiger partial charge in [-0.2, -0.15) is 6.42 Å². The fraction of sp³-hybridized carbons (Fsp3) is 0.643. The average molecular weight is 1700 g/mol. The third kappa shape index (κ3) is 33.0. The summed E-state index contributed by atoms with van der Waals surface area (Å²) in [5.74, 6) is 1.58. The number of aldehydes is 4. The Kier molecular flexibility index (Phi) is 49.0. The van der Waals surface area contributed by atoms with Crippen molar-refractivity contribution in [2.45, 2.75) is 218 Å². The molecule has 5 aromatic rings. The molecule has 7 heterocycles. The van der Waals surface area contributed by atoms with E-state index in [0.29, 0.717) is 77.7 Å². The topological polar surface area (TPSA) is 195 Å². The first-order valence-corrected chi connectivity index (χ1v) is 43.7. The average Bonchev–Trinajstić information content (AvgIpc) is 1.78. The van der Waals surface area contributed by atoms with Gasteiger partial charge >= 0.3 is 18.9 Å². The zero-order chi connectivity index (χ0) is 72.8. The van der Waals surface area contributed by atoms with Crippen molar-refractivity contribution in [1.29, 1.82) is 0 Å². The molecule has 3 atom stereocenters. The molecule has 5 aromatic heterocycles. The van der Waals surface area contributed by atoms with Crippen LogP contribution < -0.4 is 18.9 Å². The summed E-state index contributed by atoms with van der Waals surface area (Å²) in [5.41, 5.74) is 2.63. The molecule has 0 bridgehead atoms. The van der Waals surface area contributed by atoms with Crippen molar-refractivity contribution in [3.8, 4) is 0 Å². The zero-order valence-corrected chi connectivity index (χ0v) is 69.7. The molecule has 4 saturated carbocycles. The van der Waals surface area contributed by atoms with Gasteiger partial charge in [0.2, 0.25) is 0 Å². The minimum absolute atomic E-state index is 0. The quantitative estimate of drug-likeness (QED) is 0.0414. The molecule has 0 aromatic carbocycles. The molecule has 6 fully saturated rings. The van der Waals surface area contributed by atoms with Crippen LogP contribution in [0.1, 0.15) is 257 Å². The maximum absolute atomic E-state index is 11.1. The SMILES string of the molecule is CC(C)(C)[Si](C)(C)OC(c1cc(C=O)sc1Cl)C1CCCCC1.Clc1sc(C2OCCO2)cc1Br.O=CC1CCCCC1.O=Cc1cc(Br)c(Cl)s1.O=Cc1cc(C(O)C2CCCCC2)c(Cl)s1.OC(c1cc(C2OCCO2)sc1Cl)C1CCCCC1.OCCO.[2H]CF.[CH2-]CCC.[Li+]. The van der Waals surface area contributed by atoms with E-state index in [0.717, 1.165) is 114 Å². The predicted molar refractivity (Wildman–Crippen MR) is 412 cm³/mol. The Morgan fingerprint density at radius 3 is 1.23 bits per heavy atom. The number of alkyl halides is 1. The van der Waals surface area contributed by atoms with Crippen LogP contribution in [0.25, 0.3) is 0 Å². The summed E-state index contributed by atoms with van der Waals surface area (Å²) in [6.45, 7) is 19.4. The van der Waals surface area contributed by atoms with E-state index in [1.807, 2.05) is 18.2 Å². The Bertz CT molecular complexity index is 2950. The Hall–Kier alpha value is -0.0257. The first-order valence-electron chi connectivity index (χ1n) is 34.0. The van der Waals surface area contributed by atoms with Crippen molar-refractivity contribution in [3.63, 3.8) is 0 Å². The van der Waals surface area contributed by atoms with Crippen molar-refractivity contribution in [2.24, 2.45) is 23.7 Å². The monoisotopic (exact) mass is 1700 g/mol. The van der Waals surface area contributed by atoms with E-state index in [1.165, 1.54) is 153 Å². The van der Waals surface area contributed by atoms with Gasteiger partial charge in [0, 0.05) is 31.6 Å². The van der Waals surface area contributed by atoms with Gasteiger partial charge in [-0.05, 0) is 149 Å². The maximum Gasteiger partial charge on any atom is 1.00 e. The number of carbonyl (C=O) groups excluding carboxylic acids is 4. The summed E-state index contributed by atoms with van der Waals surface area (Å²) in [6.07, 6.45) is 28.5. The van der Waals surface area contributed by atoms with Gasteiger partial charge in [-0.15, -0.1) is 56.7 Å². The summed E-state index contributed by atoms with van der Waals surface area (Å²) in [7, 11) is -2.90. The Labute approximate surface area is 658 Å². The number of aliphatic hydroxyl groups excluding tert-OH is 4. The molecule has 2 aliphatic heterocycles. The van der Waals surface area contributed by atoms with Gasteiger partial charge in [0.25, 0.3) is 0 Å². The third-order valence-electron chi connectivity index (χ3n) is 17.3. The van der Waals surface area contributed by atoms with E-state index in [1.54, 1.807) is 12.1 Å². The van der Waals surface area contributed by atoms with Crippen LogP contribution in [0.2, 0.25) is 39.8 Å². The fourth-order valence-electron chi connectivity index (χ4n) is 11.0. The number of hydrogen-bond acceptors (Lipinski definition) is 18. The Morgan fingerprint density at radius 1 is 0.582 bits per heavy atom. The number of halogens is 8. The van der Waals surface area contributed by atoms with E-state index in [2.05, 4.69) is 79.6 Å². The van der Waals surface area contributed by atoms with E-state index in [4.69, 9.17) is 93.0 Å². The molecule has 6 aliphatic rings. The maximum atomic E-state index is 11.1. The first-order chi connectivity index (χ1) is 46.8. The van der Waals surface area contributed by atoms with E-state index >= 15 is 0 Å². The Balaban J connectivity index is 0.000000401. The minimum Gasteiger partial charge on any atom is -0.410 e. The Morgan fingerprint density at radius 2 is 0.908 bits per heavy atom. The van der Waals surface area contributed by atoms with Gasteiger partial charge in [-0.1, -0.05) is 169 Å².